The van der Waals surface area contributed by atoms with E-state index in [1.165, 1.54) is 76.2 Å². The lowest BCUT2D eigenvalue weighted by atomic mass is 9.95. The van der Waals surface area contributed by atoms with E-state index in [0.29, 0.717) is 5.78 Å². The topological polar surface area (TPSA) is 17.1 Å². The van der Waals surface area contributed by atoms with Crippen molar-refractivity contribution in [1.29, 1.82) is 0 Å². The van der Waals surface area contributed by atoms with Gasteiger partial charge in [0, 0.05) is 12.8 Å². The first-order valence-electron chi connectivity index (χ1n) is 12.4. The van der Waals surface area contributed by atoms with Crippen LogP contribution in [0.4, 0.5) is 0 Å². The van der Waals surface area contributed by atoms with Crippen LogP contribution in [-0.4, -0.2) is 36.9 Å². The molecule has 0 bridgehead atoms. The molecule has 0 fully saturated rings. The quantitative estimate of drug-likeness (QED) is 0.185. The highest BCUT2D eigenvalue weighted by Gasteiger charge is 2.32. The van der Waals surface area contributed by atoms with Crippen molar-refractivity contribution in [3.05, 3.63) is 35.9 Å². The summed E-state index contributed by atoms with van der Waals surface area (Å²) in [4.78, 5) is 13.0. The van der Waals surface area contributed by atoms with Crippen LogP contribution in [0.25, 0.3) is 0 Å². The fraction of sp³-hybridized carbons (Fsp3) is 0.741. The number of benzene rings is 1. The van der Waals surface area contributed by atoms with Crippen molar-refractivity contribution in [2.75, 3.05) is 20.6 Å². The molecule has 1 aromatic carbocycles. The van der Waals surface area contributed by atoms with E-state index in [0.717, 1.165) is 30.3 Å². The summed E-state index contributed by atoms with van der Waals surface area (Å²) in [6.07, 6.45) is 17.7. The maximum Gasteiger partial charge on any atom is 0.190 e. The second kappa shape index (κ2) is 15.7. The van der Waals surface area contributed by atoms with Crippen molar-refractivity contribution in [2.45, 2.75) is 110 Å². The van der Waals surface area contributed by atoms with Gasteiger partial charge in [0.25, 0.3) is 0 Å². The molecule has 0 radical (unpaired) electrons. The normalized spacial score (nSPS) is 12.8. The van der Waals surface area contributed by atoms with Crippen molar-refractivity contribution in [1.82, 2.24) is 0 Å². The average molecular weight is 403 g/mol. The Morgan fingerprint density at radius 2 is 1.24 bits per heavy atom. The zero-order valence-corrected chi connectivity index (χ0v) is 19.9. The van der Waals surface area contributed by atoms with E-state index < -0.39 is 0 Å². The van der Waals surface area contributed by atoms with Gasteiger partial charge in [-0.2, -0.15) is 0 Å². The van der Waals surface area contributed by atoms with Gasteiger partial charge in [0.1, 0.15) is 0 Å². The third-order valence-corrected chi connectivity index (χ3v) is 6.58. The SMILES string of the molecule is CCCCCCCCCCCCCCC(=O)[C@H](Cc1ccccc1)[N+](C)(C)CC. The molecule has 0 saturated carbocycles. The van der Waals surface area contributed by atoms with Crippen molar-refractivity contribution in [3.63, 3.8) is 0 Å². The molecule has 0 aromatic heterocycles. The maximum absolute atomic E-state index is 13.0. The summed E-state index contributed by atoms with van der Waals surface area (Å²) in [5, 5.41) is 0. The summed E-state index contributed by atoms with van der Waals surface area (Å²) in [6, 6.07) is 10.6. The van der Waals surface area contributed by atoms with Gasteiger partial charge in [-0.15, -0.1) is 0 Å². The lowest BCUT2D eigenvalue weighted by molar-refractivity contribution is -0.904. The number of carbonyl (C=O) groups excluding carboxylic acids is 1. The number of quaternary nitrogens is 1. The molecule has 29 heavy (non-hydrogen) atoms. The molecule has 0 saturated heterocycles. The number of unbranched alkanes of at least 4 members (excludes halogenated alkanes) is 11. The Morgan fingerprint density at radius 1 is 0.759 bits per heavy atom. The molecule has 0 aliphatic rings. The predicted molar refractivity (Wildman–Crippen MR) is 127 cm³/mol. The maximum atomic E-state index is 13.0. The zero-order chi connectivity index (χ0) is 21.4. The number of rotatable bonds is 18. The van der Waals surface area contributed by atoms with E-state index in [2.05, 4.69) is 52.2 Å². The lowest BCUT2D eigenvalue weighted by Gasteiger charge is -2.36. The van der Waals surface area contributed by atoms with Crippen molar-refractivity contribution in [3.8, 4) is 0 Å². The van der Waals surface area contributed by atoms with E-state index >= 15 is 0 Å². The number of ketones is 1. The van der Waals surface area contributed by atoms with Crippen LogP contribution in [0.5, 0.6) is 0 Å². The Morgan fingerprint density at radius 3 is 1.72 bits per heavy atom. The molecule has 0 unspecified atom stereocenters. The standard InChI is InChI=1S/C27H48NO/c1-5-7-8-9-10-11-12-13-14-15-16-20-23-27(29)26(28(3,4)6-2)24-25-21-18-17-19-22-25/h17-19,21-22,26H,5-16,20,23-24H2,1-4H3/q+1/t26-/m0/s1. The van der Waals surface area contributed by atoms with Crippen LogP contribution in [0.3, 0.4) is 0 Å². The smallest absolute Gasteiger partial charge is 0.190 e. The Hall–Kier alpha value is -1.15. The molecule has 0 heterocycles. The van der Waals surface area contributed by atoms with Crippen LogP contribution < -0.4 is 0 Å². The van der Waals surface area contributed by atoms with Gasteiger partial charge in [-0.3, -0.25) is 4.79 Å². The van der Waals surface area contributed by atoms with Crippen molar-refractivity contribution >= 4 is 5.78 Å². The second-order valence-corrected chi connectivity index (χ2v) is 9.41. The lowest BCUT2D eigenvalue weighted by Crippen LogP contribution is -2.53. The van der Waals surface area contributed by atoms with Crippen LogP contribution in [0.2, 0.25) is 0 Å². The number of likely N-dealkylation sites (N-methyl/N-ethyl adjacent to an activating group) is 1. The molecule has 1 atom stereocenters. The van der Waals surface area contributed by atoms with Crippen LogP contribution in [-0.2, 0) is 11.2 Å². The van der Waals surface area contributed by atoms with Crippen LogP contribution in [0, 0.1) is 0 Å². The first-order chi connectivity index (χ1) is 14.0. The van der Waals surface area contributed by atoms with Gasteiger partial charge in [0.05, 0.1) is 20.6 Å². The molecular weight excluding hydrogens is 354 g/mol. The van der Waals surface area contributed by atoms with Gasteiger partial charge >= 0.3 is 0 Å². The van der Waals surface area contributed by atoms with Gasteiger partial charge in [-0.25, -0.2) is 0 Å². The fourth-order valence-corrected chi connectivity index (χ4v) is 4.12. The summed E-state index contributed by atoms with van der Waals surface area (Å²) in [5.74, 6) is 0.452. The minimum Gasteiger partial charge on any atom is -0.320 e. The number of hydrogen-bond acceptors (Lipinski definition) is 1. The molecule has 0 N–H and O–H groups in total. The van der Waals surface area contributed by atoms with Gasteiger partial charge in [0.2, 0.25) is 0 Å². The largest absolute Gasteiger partial charge is 0.320 e. The first-order valence-corrected chi connectivity index (χ1v) is 12.4. The monoisotopic (exact) mass is 402 g/mol. The minimum atomic E-state index is 0.0788. The molecule has 1 rings (SSSR count). The fourth-order valence-electron chi connectivity index (χ4n) is 4.12. The molecule has 2 nitrogen and oxygen atoms in total. The third kappa shape index (κ3) is 11.6. The zero-order valence-electron chi connectivity index (χ0n) is 19.9. The highest BCUT2D eigenvalue weighted by Crippen LogP contribution is 2.18. The number of Topliss-reactive ketones (excluding diaryl/α,β-unsaturated/α-hetero) is 1. The van der Waals surface area contributed by atoms with Crippen molar-refractivity contribution in [2.24, 2.45) is 0 Å². The van der Waals surface area contributed by atoms with E-state index in [4.69, 9.17) is 0 Å². The Balaban J connectivity index is 2.21. The van der Waals surface area contributed by atoms with Crippen molar-refractivity contribution < 1.29 is 9.28 Å². The van der Waals surface area contributed by atoms with E-state index in [-0.39, 0.29) is 6.04 Å². The van der Waals surface area contributed by atoms with Crippen LogP contribution in [0.15, 0.2) is 30.3 Å². The second-order valence-electron chi connectivity index (χ2n) is 9.41. The minimum absolute atomic E-state index is 0.0788. The predicted octanol–water partition coefficient (Wildman–Crippen LogP) is 7.35. The Labute approximate surface area is 181 Å². The molecule has 0 spiro atoms. The Bertz CT molecular complexity index is 523. The van der Waals surface area contributed by atoms with Crippen LogP contribution in [0.1, 0.15) is 103 Å². The summed E-state index contributed by atoms with van der Waals surface area (Å²) in [5.41, 5.74) is 1.28. The molecule has 2 heteroatoms. The molecule has 166 valence electrons. The highest BCUT2D eigenvalue weighted by atomic mass is 16.1. The number of hydrogen-bond donors (Lipinski definition) is 0. The van der Waals surface area contributed by atoms with Gasteiger partial charge in [0.15, 0.2) is 11.8 Å². The first kappa shape index (κ1) is 25.9. The molecular formula is C27H48NO+. The summed E-state index contributed by atoms with van der Waals surface area (Å²) in [7, 11) is 4.40. The van der Waals surface area contributed by atoms with E-state index in [9.17, 15) is 4.79 Å². The van der Waals surface area contributed by atoms with E-state index in [1.807, 2.05) is 6.07 Å². The average Bonchev–Trinajstić information content (AvgIpc) is 2.73. The third-order valence-electron chi connectivity index (χ3n) is 6.58. The summed E-state index contributed by atoms with van der Waals surface area (Å²) in [6.45, 7) is 5.46. The van der Waals surface area contributed by atoms with Gasteiger partial charge < -0.3 is 4.48 Å². The summed E-state index contributed by atoms with van der Waals surface area (Å²) >= 11 is 0. The van der Waals surface area contributed by atoms with E-state index in [1.54, 1.807) is 0 Å². The number of nitrogens with zero attached hydrogens (tertiary/aromatic N) is 1. The molecule has 0 aliphatic heterocycles. The highest BCUT2D eigenvalue weighted by molar-refractivity contribution is 5.83. The number of carbonyl (C=O) groups is 1. The molecule has 0 amide bonds. The molecule has 0 aliphatic carbocycles. The van der Waals surface area contributed by atoms with Crippen LogP contribution >= 0.6 is 0 Å². The molecule has 1 aromatic rings. The van der Waals surface area contributed by atoms with Gasteiger partial charge in [-0.05, 0) is 18.9 Å². The van der Waals surface area contributed by atoms with Gasteiger partial charge in [-0.1, -0.05) is 108 Å². The summed E-state index contributed by atoms with van der Waals surface area (Å²) < 4.78 is 0.784. The Kier molecular flexibility index (Phi) is 14.0.